The Hall–Kier alpha value is -0.550. The van der Waals surface area contributed by atoms with Crippen LogP contribution in [-0.2, 0) is 11.2 Å². The molecule has 1 aromatic rings. The SMILES string of the molecule is CCSCc1noc(C(C)(C)CN)n1. The molecule has 1 heterocycles. The fourth-order valence-corrected chi connectivity index (χ4v) is 1.37. The maximum Gasteiger partial charge on any atom is 0.233 e. The van der Waals surface area contributed by atoms with Gasteiger partial charge in [-0.25, -0.2) is 0 Å². The first-order valence-corrected chi connectivity index (χ1v) is 5.86. The van der Waals surface area contributed by atoms with E-state index < -0.39 is 0 Å². The molecule has 0 atom stereocenters. The third-order valence-corrected chi connectivity index (χ3v) is 2.86. The van der Waals surface area contributed by atoms with Crippen LogP contribution in [0.3, 0.4) is 0 Å². The first-order valence-electron chi connectivity index (χ1n) is 4.71. The van der Waals surface area contributed by atoms with Crippen molar-refractivity contribution >= 4 is 11.8 Å². The Morgan fingerprint density at radius 1 is 1.50 bits per heavy atom. The van der Waals surface area contributed by atoms with Gasteiger partial charge in [-0.2, -0.15) is 16.7 Å². The lowest BCUT2D eigenvalue weighted by Crippen LogP contribution is -2.28. The molecule has 2 N–H and O–H groups in total. The highest BCUT2D eigenvalue weighted by Crippen LogP contribution is 2.20. The van der Waals surface area contributed by atoms with Crippen LogP contribution in [0.2, 0.25) is 0 Å². The summed E-state index contributed by atoms with van der Waals surface area (Å²) in [5.41, 5.74) is 5.39. The molecule has 0 aliphatic carbocycles. The number of thioether (sulfide) groups is 1. The van der Waals surface area contributed by atoms with Gasteiger partial charge in [-0.3, -0.25) is 0 Å². The van der Waals surface area contributed by atoms with Crippen molar-refractivity contribution in [2.45, 2.75) is 31.9 Å². The summed E-state index contributed by atoms with van der Waals surface area (Å²) in [6, 6.07) is 0. The number of hydrogen-bond acceptors (Lipinski definition) is 5. The second-order valence-electron chi connectivity index (χ2n) is 3.74. The third-order valence-electron chi connectivity index (χ3n) is 1.99. The van der Waals surface area contributed by atoms with Gasteiger partial charge in [0.15, 0.2) is 5.82 Å². The van der Waals surface area contributed by atoms with Crippen molar-refractivity contribution in [2.75, 3.05) is 12.3 Å². The summed E-state index contributed by atoms with van der Waals surface area (Å²) < 4.78 is 5.16. The van der Waals surface area contributed by atoms with Gasteiger partial charge in [-0.15, -0.1) is 0 Å². The topological polar surface area (TPSA) is 64.9 Å². The van der Waals surface area contributed by atoms with E-state index >= 15 is 0 Å². The number of rotatable bonds is 5. The number of aromatic nitrogens is 2. The molecule has 0 amide bonds. The average Bonchev–Trinajstić information content (AvgIpc) is 2.63. The van der Waals surface area contributed by atoms with Crippen molar-refractivity contribution in [2.24, 2.45) is 5.73 Å². The summed E-state index contributed by atoms with van der Waals surface area (Å²) >= 11 is 1.78. The van der Waals surface area contributed by atoms with Gasteiger partial charge in [0.05, 0.1) is 11.2 Å². The minimum Gasteiger partial charge on any atom is -0.339 e. The van der Waals surface area contributed by atoms with Crippen molar-refractivity contribution in [1.82, 2.24) is 10.1 Å². The summed E-state index contributed by atoms with van der Waals surface area (Å²) in [5, 5.41) is 3.91. The number of nitrogens with two attached hydrogens (primary N) is 1. The molecule has 0 radical (unpaired) electrons. The monoisotopic (exact) mass is 215 g/mol. The Balaban J connectivity index is 2.67. The van der Waals surface area contributed by atoms with Gasteiger partial charge in [0, 0.05) is 6.54 Å². The molecular formula is C9H17N3OS. The molecule has 0 fully saturated rings. The molecule has 0 aliphatic heterocycles. The Labute approximate surface area is 88.6 Å². The zero-order valence-corrected chi connectivity index (χ0v) is 9.73. The molecular weight excluding hydrogens is 198 g/mol. The van der Waals surface area contributed by atoms with Gasteiger partial charge < -0.3 is 10.3 Å². The van der Waals surface area contributed by atoms with E-state index in [4.69, 9.17) is 10.3 Å². The van der Waals surface area contributed by atoms with Crippen LogP contribution in [0.15, 0.2) is 4.52 Å². The quantitative estimate of drug-likeness (QED) is 0.807. The lowest BCUT2D eigenvalue weighted by Gasteiger charge is -2.15. The molecule has 0 spiro atoms. The fraction of sp³-hybridized carbons (Fsp3) is 0.778. The van der Waals surface area contributed by atoms with Gasteiger partial charge in [0.1, 0.15) is 0 Å². The first-order chi connectivity index (χ1) is 6.60. The van der Waals surface area contributed by atoms with E-state index in [1.54, 1.807) is 11.8 Å². The van der Waals surface area contributed by atoms with Crippen LogP contribution in [0.1, 0.15) is 32.5 Å². The summed E-state index contributed by atoms with van der Waals surface area (Å²) in [7, 11) is 0. The van der Waals surface area contributed by atoms with Gasteiger partial charge in [-0.05, 0) is 19.6 Å². The van der Waals surface area contributed by atoms with E-state index in [0.717, 1.165) is 17.3 Å². The summed E-state index contributed by atoms with van der Waals surface area (Å²) in [5.74, 6) is 3.25. The van der Waals surface area contributed by atoms with Gasteiger partial charge in [0.2, 0.25) is 5.89 Å². The highest BCUT2D eigenvalue weighted by molar-refractivity contribution is 7.98. The molecule has 1 aromatic heterocycles. The summed E-state index contributed by atoms with van der Waals surface area (Å²) in [6.07, 6.45) is 0. The standard InChI is InChI=1S/C9H17N3OS/c1-4-14-5-7-11-8(13-12-7)9(2,3)6-10/h4-6,10H2,1-3H3. The van der Waals surface area contributed by atoms with Crippen molar-refractivity contribution in [3.05, 3.63) is 11.7 Å². The Morgan fingerprint density at radius 3 is 2.79 bits per heavy atom. The minimum absolute atomic E-state index is 0.220. The third kappa shape index (κ3) is 2.72. The van der Waals surface area contributed by atoms with Crippen LogP contribution < -0.4 is 5.73 Å². The van der Waals surface area contributed by atoms with Crippen molar-refractivity contribution in [1.29, 1.82) is 0 Å². The van der Waals surface area contributed by atoms with Crippen LogP contribution in [-0.4, -0.2) is 22.4 Å². The predicted octanol–water partition coefficient (Wildman–Crippen LogP) is 1.56. The highest BCUT2D eigenvalue weighted by atomic mass is 32.2. The van der Waals surface area contributed by atoms with E-state index in [9.17, 15) is 0 Å². The lowest BCUT2D eigenvalue weighted by molar-refractivity contribution is 0.309. The van der Waals surface area contributed by atoms with Crippen LogP contribution in [0.4, 0.5) is 0 Å². The van der Waals surface area contributed by atoms with Crippen molar-refractivity contribution in [3.8, 4) is 0 Å². The second kappa shape index (κ2) is 4.79. The largest absolute Gasteiger partial charge is 0.339 e. The zero-order valence-electron chi connectivity index (χ0n) is 8.91. The van der Waals surface area contributed by atoms with Crippen LogP contribution >= 0.6 is 11.8 Å². The minimum atomic E-state index is -0.220. The lowest BCUT2D eigenvalue weighted by atomic mass is 9.94. The maximum absolute atomic E-state index is 5.61. The van der Waals surface area contributed by atoms with Crippen molar-refractivity contribution < 1.29 is 4.52 Å². The van der Waals surface area contributed by atoms with E-state index in [1.165, 1.54) is 0 Å². The number of hydrogen-bond donors (Lipinski definition) is 1. The second-order valence-corrected chi connectivity index (χ2v) is 5.02. The zero-order chi connectivity index (χ0) is 10.6. The molecule has 0 aromatic carbocycles. The van der Waals surface area contributed by atoms with E-state index in [-0.39, 0.29) is 5.41 Å². The molecule has 0 bridgehead atoms. The van der Waals surface area contributed by atoms with E-state index in [2.05, 4.69) is 17.1 Å². The molecule has 5 heteroatoms. The molecule has 80 valence electrons. The highest BCUT2D eigenvalue weighted by Gasteiger charge is 2.25. The molecule has 0 saturated carbocycles. The average molecular weight is 215 g/mol. The first kappa shape index (κ1) is 11.5. The van der Waals surface area contributed by atoms with E-state index in [0.29, 0.717) is 12.4 Å². The molecule has 1 rings (SSSR count). The van der Waals surface area contributed by atoms with Crippen LogP contribution in [0.25, 0.3) is 0 Å². The Bertz CT molecular complexity index is 285. The van der Waals surface area contributed by atoms with Gasteiger partial charge in [0.25, 0.3) is 0 Å². The molecule has 14 heavy (non-hydrogen) atoms. The molecule has 0 unspecified atom stereocenters. The van der Waals surface area contributed by atoms with Crippen LogP contribution in [0.5, 0.6) is 0 Å². The fourth-order valence-electron chi connectivity index (χ4n) is 0.868. The molecule has 0 saturated heterocycles. The summed E-state index contributed by atoms with van der Waals surface area (Å²) in [6.45, 7) is 6.61. The molecule has 0 aliphatic rings. The van der Waals surface area contributed by atoms with Crippen molar-refractivity contribution in [3.63, 3.8) is 0 Å². The van der Waals surface area contributed by atoms with E-state index in [1.807, 2.05) is 13.8 Å². The van der Waals surface area contributed by atoms with Crippen LogP contribution in [0, 0.1) is 0 Å². The van der Waals surface area contributed by atoms with Gasteiger partial charge in [-0.1, -0.05) is 12.1 Å². The predicted molar refractivity (Wildman–Crippen MR) is 58.2 cm³/mol. The smallest absolute Gasteiger partial charge is 0.233 e. The normalized spacial score (nSPS) is 12.0. The Morgan fingerprint density at radius 2 is 2.21 bits per heavy atom. The van der Waals surface area contributed by atoms with Gasteiger partial charge >= 0.3 is 0 Å². The summed E-state index contributed by atoms with van der Waals surface area (Å²) in [4.78, 5) is 4.31. The molecule has 4 nitrogen and oxygen atoms in total. The Kier molecular flexibility index (Phi) is 3.95. The number of nitrogens with zero attached hydrogens (tertiary/aromatic N) is 2. The maximum atomic E-state index is 5.61.